The summed E-state index contributed by atoms with van der Waals surface area (Å²) in [6.45, 7) is 0. The summed E-state index contributed by atoms with van der Waals surface area (Å²) in [5.74, 6) is -0.985. The topological polar surface area (TPSA) is 122 Å². The molecule has 0 bridgehead atoms. The first-order chi connectivity index (χ1) is 17.4. The van der Waals surface area contributed by atoms with Crippen LogP contribution >= 0.6 is 0 Å². The normalized spacial score (nSPS) is 12.5. The number of carboxylic acid groups (broad SMARTS) is 1. The van der Waals surface area contributed by atoms with Gasteiger partial charge in [0, 0.05) is 18.0 Å². The minimum atomic E-state index is -1.63. The monoisotopic (exact) mass is 486 g/mol. The number of carbonyl (C=O) groups is 2. The lowest BCUT2D eigenvalue weighted by Crippen LogP contribution is -2.40. The molecule has 0 saturated heterocycles. The van der Waals surface area contributed by atoms with Crippen molar-refractivity contribution in [2.45, 2.75) is 25.0 Å². The second-order valence-corrected chi connectivity index (χ2v) is 8.33. The smallest absolute Gasteiger partial charge is 0.332 e. The average molecular weight is 487 g/mol. The molecule has 3 aromatic carbocycles. The first kappa shape index (κ1) is 24.7. The summed E-state index contributed by atoms with van der Waals surface area (Å²) in [6.07, 6.45) is -0.158. The number of rotatable bonds is 10. The summed E-state index contributed by atoms with van der Waals surface area (Å²) in [5, 5.41) is 25.8. The van der Waals surface area contributed by atoms with E-state index in [9.17, 15) is 19.8 Å². The van der Waals surface area contributed by atoms with Crippen molar-refractivity contribution in [1.82, 2.24) is 10.5 Å². The van der Waals surface area contributed by atoms with Crippen LogP contribution in [0.25, 0.3) is 22.5 Å². The molecule has 1 aromatic heterocycles. The summed E-state index contributed by atoms with van der Waals surface area (Å²) in [7, 11) is 1.54. The lowest BCUT2D eigenvalue weighted by molar-refractivity contribution is -0.147. The summed E-state index contributed by atoms with van der Waals surface area (Å²) in [6, 6.07) is 24.1. The van der Waals surface area contributed by atoms with Crippen molar-refractivity contribution in [2.75, 3.05) is 7.11 Å². The van der Waals surface area contributed by atoms with Crippen molar-refractivity contribution < 1.29 is 29.1 Å². The minimum Gasteiger partial charge on any atom is -0.497 e. The Kier molecular flexibility index (Phi) is 7.77. The van der Waals surface area contributed by atoms with Crippen LogP contribution in [0.3, 0.4) is 0 Å². The number of aliphatic carboxylic acids is 1. The van der Waals surface area contributed by atoms with Crippen molar-refractivity contribution in [1.29, 1.82) is 0 Å². The van der Waals surface area contributed by atoms with Crippen molar-refractivity contribution in [2.24, 2.45) is 0 Å². The highest BCUT2D eigenvalue weighted by Crippen LogP contribution is 2.27. The van der Waals surface area contributed by atoms with Gasteiger partial charge in [-0.05, 0) is 35.2 Å². The Bertz CT molecular complexity index is 1320. The zero-order chi connectivity index (χ0) is 25.5. The van der Waals surface area contributed by atoms with E-state index in [0.29, 0.717) is 17.7 Å². The predicted octanol–water partition coefficient (Wildman–Crippen LogP) is 4.19. The Morgan fingerprint density at radius 3 is 2.36 bits per heavy atom. The molecule has 3 N–H and O–H groups in total. The number of ether oxygens (including phenoxy) is 1. The molecule has 0 saturated carbocycles. The second kappa shape index (κ2) is 11.3. The molecular formula is C28H26N2O6. The molecular weight excluding hydrogens is 460 g/mol. The van der Waals surface area contributed by atoms with E-state index in [2.05, 4.69) is 10.5 Å². The van der Waals surface area contributed by atoms with Crippen molar-refractivity contribution in [3.05, 3.63) is 96.2 Å². The van der Waals surface area contributed by atoms with Crippen molar-refractivity contribution in [3.8, 4) is 28.2 Å². The summed E-state index contributed by atoms with van der Waals surface area (Å²) >= 11 is 0. The third-order valence-corrected chi connectivity index (χ3v) is 5.82. The van der Waals surface area contributed by atoms with Crippen LogP contribution in [-0.4, -0.2) is 46.5 Å². The zero-order valence-corrected chi connectivity index (χ0v) is 19.6. The molecule has 0 radical (unpaired) electrons. The molecule has 8 heteroatoms. The Labute approximate surface area is 208 Å². The summed E-state index contributed by atoms with van der Waals surface area (Å²) in [5.41, 5.74) is 3.80. The van der Waals surface area contributed by atoms with E-state index in [0.717, 1.165) is 16.7 Å². The number of aliphatic hydroxyl groups excluding tert-OH is 1. The Balaban J connectivity index is 1.53. The van der Waals surface area contributed by atoms with Crippen molar-refractivity contribution >= 4 is 11.9 Å². The van der Waals surface area contributed by atoms with E-state index in [4.69, 9.17) is 9.26 Å². The molecule has 2 atom stereocenters. The average Bonchev–Trinajstić information content (AvgIpc) is 3.40. The summed E-state index contributed by atoms with van der Waals surface area (Å²) < 4.78 is 10.6. The van der Waals surface area contributed by atoms with Gasteiger partial charge in [-0.2, -0.15) is 0 Å². The van der Waals surface area contributed by atoms with Gasteiger partial charge >= 0.3 is 5.97 Å². The van der Waals surface area contributed by atoms with Gasteiger partial charge in [0.2, 0.25) is 0 Å². The van der Waals surface area contributed by atoms with Crippen LogP contribution in [0.4, 0.5) is 0 Å². The molecule has 8 nitrogen and oxygen atoms in total. The fourth-order valence-electron chi connectivity index (χ4n) is 3.95. The first-order valence-electron chi connectivity index (χ1n) is 11.4. The first-order valence-corrected chi connectivity index (χ1v) is 11.4. The number of nitrogens with one attached hydrogen (secondary N) is 1. The molecule has 184 valence electrons. The Morgan fingerprint density at radius 1 is 0.972 bits per heavy atom. The Morgan fingerprint density at radius 2 is 1.67 bits per heavy atom. The highest BCUT2D eigenvalue weighted by molar-refractivity contribution is 5.99. The fraction of sp³-hybridized carbons (Fsp3) is 0.179. The van der Waals surface area contributed by atoms with E-state index < -0.39 is 24.0 Å². The zero-order valence-electron chi connectivity index (χ0n) is 19.6. The van der Waals surface area contributed by atoms with Crippen molar-refractivity contribution in [3.63, 3.8) is 0 Å². The predicted molar refractivity (Wildman–Crippen MR) is 134 cm³/mol. The van der Waals surface area contributed by atoms with E-state index in [1.54, 1.807) is 24.3 Å². The maximum Gasteiger partial charge on any atom is 0.332 e. The van der Waals surface area contributed by atoms with Crippen LogP contribution in [0.5, 0.6) is 5.75 Å². The van der Waals surface area contributed by atoms with Gasteiger partial charge in [0.05, 0.1) is 13.3 Å². The number of hydrogen-bond donors (Lipinski definition) is 3. The number of amides is 1. The van der Waals surface area contributed by atoms with Gasteiger partial charge < -0.3 is 24.8 Å². The third kappa shape index (κ3) is 5.97. The van der Waals surface area contributed by atoms with Gasteiger partial charge in [-0.3, -0.25) is 4.79 Å². The van der Waals surface area contributed by atoms with Gasteiger partial charge in [0.25, 0.3) is 5.91 Å². The molecule has 1 amide bonds. The van der Waals surface area contributed by atoms with Crippen LogP contribution in [0.2, 0.25) is 0 Å². The van der Waals surface area contributed by atoms with Crippen LogP contribution in [0.15, 0.2) is 89.6 Å². The molecule has 0 aliphatic carbocycles. The highest BCUT2D eigenvalue weighted by atomic mass is 16.5. The number of carboxylic acids is 1. The molecule has 4 aromatic rings. The quantitative estimate of drug-likeness (QED) is 0.307. The van der Waals surface area contributed by atoms with Gasteiger partial charge in [-0.25, -0.2) is 4.79 Å². The standard InChI is InChI=1S/C28H26N2O6/c1-35-23-9-5-8-21(15-23)26-24(17-29-36-26)27(32)30-22(16-25(31)28(33)34)14-18-10-12-20(13-11-18)19-6-3-2-4-7-19/h2-13,15,17,22,25,31H,14,16H2,1H3,(H,30,32)(H,33,34)/t22-,25-/m1/s1. The minimum absolute atomic E-state index is 0.165. The van der Waals surface area contributed by atoms with Crippen LogP contribution < -0.4 is 10.1 Å². The van der Waals surface area contributed by atoms with Crippen LogP contribution in [0.1, 0.15) is 22.3 Å². The molecule has 4 rings (SSSR count). The van der Waals surface area contributed by atoms with Gasteiger partial charge in [0.1, 0.15) is 11.3 Å². The fourth-order valence-corrected chi connectivity index (χ4v) is 3.95. The third-order valence-electron chi connectivity index (χ3n) is 5.82. The molecule has 0 fully saturated rings. The van der Waals surface area contributed by atoms with E-state index in [-0.39, 0.29) is 17.7 Å². The number of nitrogens with zero attached hydrogens (tertiary/aromatic N) is 1. The van der Waals surface area contributed by atoms with E-state index in [1.165, 1.54) is 13.3 Å². The van der Waals surface area contributed by atoms with Gasteiger partial charge in [0.15, 0.2) is 11.9 Å². The maximum absolute atomic E-state index is 13.2. The molecule has 0 spiro atoms. The lowest BCUT2D eigenvalue weighted by atomic mass is 9.97. The molecule has 36 heavy (non-hydrogen) atoms. The SMILES string of the molecule is COc1cccc(-c2oncc2C(=O)N[C@H](Cc2ccc(-c3ccccc3)cc2)C[C@@H](O)C(=O)O)c1. The maximum atomic E-state index is 13.2. The second-order valence-electron chi connectivity index (χ2n) is 8.33. The molecule has 0 aliphatic rings. The lowest BCUT2D eigenvalue weighted by Gasteiger charge is -2.20. The van der Waals surface area contributed by atoms with Crippen LogP contribution in [-0.2, 0) is 11.2 Å². The number of carbonyl (C=O) groups excluding carboxylic acids is 1. The van der Waals surface area contributed by atoms with E-state index >= 15 is 0 Å². The number of aliphatic hydroxyl groups is 1. The number of methoxy groups -OCH3 is 1. The molecule has 0 unspecified atom stereocenters. The van der Waals surface area contributed by atoms with Crippen LogP contribution in [0, 0.1) is 0 Å². The molecule has 1 heterocycles. The molecule has 0 aliphatic heterocycles. The Hall–Kier alpha value is -4.43. The van der Waals surface area contributed by atoms with Gasteiger partial charge in [-0.15, -0.1) is 0 Å². The number of aromatic nitrogens is 1. The highest BCUT2D eigenvalue weighted by Gasteiger charge is 2.25. The number of hydrogen-bond acceptors (Lipinski definition) is 6. The summed E-state index contributed by atoms with van der Waals surface area (Å²) in [4.78, 5) is 24.5. The van der Waals surface area contributed by atoms with E-state index in [1.807, 2.05) is 54.6 Å². The largest absolute Gasteiger partial charge is 0.497 e. The van der Waals surface area contributed by atoms with Gasteiger partial charge in [-0.1, -0.05) is 71.9 Å². The number of benzene rings is 3.